The van der Waals surface area contributed by atoms with Crippen LogP contribution in [-0.4, -0.2) is 71.5 Å². The van der Waals surface area contributed by atoms with Crippen LogP contribution in [-0.2, 0) is 23.7 Å². The summed E-state index contributed by atoms with van der Waals surface area (Å²) in [6.07, 6.45) is -5.22. The number of allylic oxidation sites excluding steroid dienone is 1. The molecule has 0 radical (unpaired) electrons. The van der Waals surface area contributed by atoms with Gasteiger partial charge in [-0.3, -0.25) is 0 Å². The van der Waals surface area contributed by atoms with Crippen LogP contribution in [0.2, 0.25) is 0 Å². The highest BCUT2D eigenvalue weighted by molar-refractivity contribution is 5.80. The number of carbonyl (C=O) groups excluding carboxylic acids is 1. The lowest BCUT2D eigenvalue weighted by Gasteiger charge is -2.48. The fourth-order valence-corrected chi connectivity index (χ4v) is 6.53. The lowest BCUT2D eigenvalue weighted by molar-refractivity contribution is -0.208. The average molecular weight is 398 g/mol. The fraction of sp³-hybridized carbons (Fsp3) is 0.850. The minimum Gasteiger partial charge on any atom is -0.460 e. The summed E-state index contributed by atoms with van der Waals surface area (Å²) in [7, 11) is 1.49. The Morgan fingerprint density at radius 3 is 2.57 bits per heavy atom. The molecular weight excluding hydrogens is 368 g/mol. The number of rotatable bonds is 5. The first kappa shape index (κ1) is 20.3. The zero-order valence-electron chi connectivity index (χ0n) is 16.7. The van der Waals surface area contributed by atoms with Gasteiger partial charge in [-0.05, 0) is 32.6 Å². The Bertz CT molecular complexity index is 679. The lowest BCUT2D eigenvalue weighted by Crippen LogP contribution is -2.57. The summed E-state index contributed by atoms with van der Waals surface area (Å²) in [5.74, 6) is -1.16. The minimum absolute atomic E-state index is 0.200. The summed E-state index contributed by atoms with van der Waals surface area (Å²) in [6, 6.07) is 0. The molecule has 8 heteroatoms. The molecule has 0 aromatic carbocycles. The van der Waals surface area contributed by atoms with Gasteiger partial charge in [0.15, 0.2) is 18.7 Å². The molecule has 3 heterocycles. The van der Waals surface area contributed by atoms with E-state index in [1.54, 1.807) is 13.8 Å². The molecule has 0 bridgehead atoms. The van der Waals surface area contributed by atoms with Gasteiger partial charge >= 0.3 is 5.97 Å². The van der Waals surface area contributed by atoms with Crippen molar-refractivity contribution in [2.24, 2.45) is 22.7 Å². The summed E-state index contributed by atoms with van der Waals surface area (Å²) in [6.45, 7) is 9.38. The molecular formula is C20H30O8. The van der Waals surface area contributed by atoms with E-state index in [0.29, 0.717) is 6.42 Å². The van der Waals surface area contributed by atoms with Crippen molar-refractivity contribution in [3.05, 3.63) is 12.2 Å². The topological polar surface area (TPSA) is 115 Å². The largest absolute Gasteiger partial charge is 0.460 e. The third-order valence-electron chi connectivity index (χ3n) is 7.72. The van der Waals surface area contributed by atoms with Gasteiger partial charge < -0.3 is 34.3 Å². The maximum absolute atomic E-state index is 12.7. The van der Waals surface area contributed by atoms with Gasteiger partial charge in [0.2, 0.25) is 0 Å². The van der Waals surface area contributed by atoms with Crippen LogP contribution in [0, 0.1) is 22.7 Å². The van der Waals surface area contributed by atoms with Gasteiger partial charge in [0, 0.05) is 13.0 Å². The molecule has 4 fully saturated rings. The first-order valence-corrected chi connectivity index (χ1v) is 9.86. The maximum atomic E-state index is 12.7. The van der Waals surface area contributed by atoms with E-state index in [2.05, 4.69) is 6.58 Å². The second kappa shape index (κ2) is 6.48. The summed E-state index contributed by atoms with van der Waals surface area (Å²) >= 11 is 0. The predicted octanol–water partition coefficient (Wildman–Crippen LogP) is 0.337. The molecule has 3 aliphatic heterocycles. The Morgan fingerprint density at radius 1 is 1.39 bits per heavy atom. The van der Waals surface area contributed by atoms with Crippen LogP contribution in [0.25, 0.3) is 0 Å². The summed E-state index contributed by atoms with van der Waals surface area (Å²) in [5, 5.41) is 31.8. The number of methoxy groups -OCH3 is 1. The smallest absolute Gasteiger partial charge is 0.336 e. The van der Waals surface area contributed by atoms with Crippen molar-refractivity contribution in [3.63, 3.8) is 0 Å². The zero-order chi connectivity index (χ0) is 20.6. The van der Waals surface area contributed by atoms with Crippen molar-refractivity contribution >= 4 is 5.97 Å². The number of carbonyl (C=O) groups is 1. The monoisotopic (exact) mass is 398 g/mol. The molecule has 11 atom stereocenters. The van der Waals surface area contributed by atoms with Gasteiger partial charge in [0.05, 0.1) is 29.1 Å². The molecule has 0 spiro atoms. The third-order valence-corrected chi connectivity index (χ3v) is 7.72. The standard InChI is InChI=1S/C20H30O8/c1-8(2)11-6-13-19(7-12-14(22)9(3)16(23)26-12)15(17(24)27-13)28-18(25-5)20(11,19)10(4)21/h9-16,18,21-23H,1,6-7H2,2-5H3/t9-,10-,11-,12?,13?,14+,15?,16?,18?,19?,20?/m0/s1. The molecule has 7 unspecified atom stereocenters. The number of aliphatic hydroxyl groups is 3. The van der Waals surface area contributed by atoms with Crippen molar-refractivity contribution < 1.29 is 39.1 Å². The molecule has 3 saturated heterocycles. The van der Waals surface area contributed by atoms with Crippen molar-refractivity contribution in [3.8, 4) is 0 Å². The number of hydrogen-bond donors (Lipinski definition) is 3. The Hall–Kier alpha value is -1.03. The first-order chi connectivity index (χ1) is 13.1. The lowest BCUT2D eigenvalue weighted by atomic mass is 9.55. The second-order valence-corrected chi connectivity index (χ2v) is 8.91. The summed E-state index contributed by atoms with van der Waals surface area (Å²) < 4.78 is 23.0. The molecule has 0 aromatic heterocycles. The van der Waals surface area contributed by atoms with Crippen LogP contribution < -0.4 is 0 Å². The maximum Gasteiger partial charge on any atom is 0.336 e. The highest BCUT2D eigenvalue weighted by atomic mass is 16.7. The van der Waals surface area contributed by atoms with Crippen molar-refractivity contribution in [1.29, 1.82) is 0 Å². The first-order valence-electron chi connectivity index (χ1n) is 9.86. The number of esters is 1. The van der Waals surface area contributed by atoms with Crippen molar-refractivity contribution in [2.45, 2.75) is 76.7 Å². The molecule has 0 amide bonds. The van der Waals surface area contributed by atoms with E-state index in [1.165, 1.54) is 7.11 Å². The molecule has 4 aliphatic rings. The minimum atomic E-state index is -1.09. The van der Waals surface area contributed by atoms with Crippen LogP contribution in [0.5, 0.6) is 0 Å². The number of hydrogen-bond acceptors (Lipinski definition) is 8. The highest BCUT2D eigenvalue weighted by Crippen LogP contribution is 2.73. The Kier molecular flexibility index (Phi) is 4.69. The van der Waals surface area contributed by atoms with Crippen LogP contribution >= 0.6 is 0 Å². The fourth-order valence-electron chi connectivity index (χ4n) is 6.53. The van der Waals surface area contributed by atoms with Crippen molar-refractivity contribution in [2.75, 3.05) is 7.11 Å². The summed E-state index contributed by atoms with van der Waals surface area (Å²) in [5.41, 5.74) is -1.11. The van der Waals surface area contributed by atoms with Crippen LogP contribution in [0.15, 0.2) is 12.2 Å². The zero-order valence-corrected chi connectivity index (χ0v) is 16.7. The average Bonchev–Trinajstić information content (AvgIpc) is 3.25. The SMILES string of the molecule is C=C(C)[C@@H]1CC2OC(=O)C3OC(OC)C1([C@H](C)O)C23CC1OC(O)[C@@H](C)[C@H]1O. The van der Waals surface area contributed by atoms with Crippen LogP contribution in [0.1, 0.15) is 33.6 Å². The second-order valence-electron chi connectivity index (χ2n) is 8.91. The van der Waals surface area contributed by atoms with Crippen LogP contribution in [0.4, 0.5) is 0 Å². The van der Waals surface area contributed by atoms with E-state index >= 15 is 0 Å². The molecule has 1 aliphatic carbocycles. The van der Waals surface area contributed by atoms with Gasteiger partial charge in [-0.25, -0.2) is 4.79 Å². The van der Waals surface area contributed by atoms with Crippen LogP contribution in [0.3, 0.4) is 0 Å². The van der Waals surface area contributed by atoms with E-state index in [9.17, 15) is 20.1 Å². The molecule has 0 aromatic rings. The normalized spacial score (nSPS) is 53.3. The molecule has 158 valence electrons. The molecule has 3 N–H and O–H groups in total. The highest BCUT2D eigenvalue weighted by Gasteiger charge is 2.83. The molecule has 1 saturated carbocycles. The predicted molar refractivity (Wildman–Crippen MR) is 95.7 cm³/mol. The van der Waals surface area contributed by atoms with E-state index in [4.69, 9.17) is 18.9 Å². The van der Waals surface area contributed by atoms with Gasteiger partial charge in [0.25, 0.3) is 0 Å². The Morgan fingerprint density at radius 2 is 2.07 bits per heavy atom. The molecule has 8 nitrogen and oxygen atoms in total. The van der Waals surface area contributed by atoms with Gasteiger partial charge in [-0.2, -0.15) is 0 Å². The third kappa shape index (κ3) is 2.19. The molecule has 28 heavy (non-hydrogen) atoms. The molecule has 4 rings (SSSR count). The van der Waals surface area contributed by atoms with Gasteiger partial charge in [0.1, 0.15) is 6.10 Å². The van der Waals surface area contributed by atoms with E-state index in [-0.39, 0.29) is 12.3 Å². The van der Waals surface area contributed by atoms with E-state index in [0.717, 1.165) is 5.57 Å². The summed E-state index contributed by atoms with van der Waals surface area (Å²) in [4.78, 5) is 12.7. The van der Waals surface area contributed by atoms with Gasteiger partial charge in [-0.1, -0.05) is 19.1 Å². The Labute approximate surface area is 164 Å². The Balaban J connectivity index is 1.86. The number of ether oxygens (including phenoxy) is 4. The van der Waals surface area contributed by atoms with Crippen molar-refractivity contribution in [1.82, 2.24) is 0 Å². The van der Waals surface area contributed by atoms with Gasteiger partial charge in [-0.15, -0.1) is 0 Å². The van der Waals surface area contributed by atoms with E-state index in [1.807, 2.05) is 6.92 Å². The quantitative estimate of drug-likeness (QED) is 0.449. The van der Waals surface area contributed by atoms with E-state index < -0.39 is 65.8 Å². The number of aliphatic hydroxyl groups excluding tert-OH is 3.